The van der Waals surface area contributed by atoms with Crippen molar-refractivity contribution in [1.82, 2.24) is 20.0 Å². The van der Waals surface area contributed by atoms with Crippen molar-refractivity contribution in [3.05, 3.63) is 0 Å². The summed E-state index contributed by atoms with van der Waals surface area (Å²) in [4.78, 5) is 37.0. The van der Waals surface area contributed by atoms with E-state index in [9.17, 15) is 24.6 Å². The van der Waals surface area contributed by atoms with Crippen LogP contribution in [-0.2, 0) is 0 Å². The van der Waals surface area contributed by atoms with Crippen LogP contribution in [0, 0.1) is 0 Å². The Morgan fingerprint density at radius 2 is 1.41 bits per heavy atom. The largest absolute Gasteiger partial charge is 0.465 e. The fraction of sp³-hybridized carbons (Fsp3) is 0.750. The van der Waals surface area contributed by atoms with Gasteiger partial charge in [0.05, 0.1) is 0 Å². The lowest BCUT2D eigenvalue weighted by molar-refractivity contribution is 0.0939. The fourth-order valence-electron chi connectivity index (χ4n) is 2.27. The van der Waals surface area contributed by atoms with Crippen molar-refractivity contribution < 1.29 is 29.7 Å². The minimum atomic E-state index is -1.20. The first kappa shape index (κ1) is 17.8. The first-order valence-electron chi connectivity index (χ1n) is 6.99. The molecule has 1 atom stereocenters. The van der Waals surface area contributed by atoms with E-state index in [1.807, 2.05) is 0 Å². The second-order valence-electron chi connectivity index (χ2n) is 5.07. The van der Waals surface area contributed by atoms with Crippen LogP contribution in [0.5, 0.6) is 0 Å². The molecule has 22 heavy (non-hydrogen) atoms. The van der Waals surface area contributed by atoms with Crippen LogP contribution in [0.15, 0.2) is 0 Å². The number of rotatable bonds is 0. The zero-order valence-electron chi connectivity index (χ0n) is 12.4. The third-order valence-corrected chi connectivity index (χ3v) is 3.53. The van der Waals surface area contributed by atoms with Gasteiger partial charge in [0.2, 0.25) is 0 Å². The van der Waals surface area contributed by atoms with Gasteiger partial charge >= 0.3 is 18.3 Å². The van der Waals surface area contributed by atoms with Crippen molar-refractivity contribution in [2.75, 3.05) is 45.8 Å². The standard InChI is InChI=1S/C12H22N4O6/c1-9-8-15(11(19)20)7-6-14(10(17)18)4-2-13-3-5-16(9)12(21)22/h9,13H,2-8H2,1H3,(H,17,18)(H,19,20)(H,21,22). The highest BCUT2D eigenvalue weighted by Crippen LogP contribution is 2.05. The zero-order chi connectivity index (χ0) is 16.7. The highest BCUT2D eigenvalue weighted by Gasteiger charge is 2.25. The van der Waals surface area contributed by atoms with E-state index < -0.39 is 24.3 Å². The van der Waals surface area contributed by atoms with Crippen LogP contribution in [-0.4, -0.2) is 100 Å². The minimum absolute atomic E-state index is 0.000563. The molecule has 0 radical (unpaired) electrons. The second-order valence-corrected chi connectivity index (χ2v) is 5.07. The van der Waals surface area contributed by atoms with Crippen molar-refractivity contribution in [2.24, 2.45) is 0 Å². The molecule has 0 aromatic heterocycles. The van der Waals surface area contributed by atoms with Crippen molar-refractivity contribution in [3.63, 3.8) is 0 Å². The van der Waals surface area contributed by atoms with Crippen LogP contribution in [0.1, 0.15) is 6.92 Å². The van der Waals surface area contributed by atoms with Crippen LogP contribution in [0.25, 0.3) is 0 Å². The summed E-state index contributed by atoms with van der Waals surface area (Å²) in [6.07, 6.45) is -3.41. The van der Waals surface area contributed by atoms with Crippen LogP contribution < -0.4 is 5.32 Å². The Labute approximate surface area is 127 Å². The van der Waals surface area contributed by atoms with Gasteiger partial charge in [-0.15, -0.1) is 0 Å². The molecule has 1 rings (SSSR count). The molecular weight excluding hydrogens is 296 g/mol. The highest BCUT2D eigenvalue weighted by molar-refractivity contribution is 5.67. The van der Waals surface area contributed by atoms with Gasteiger partial charge in [-0.25, -0.2) is 14.4 Å². The minimum Gasteiger partial charge on any atom is -0.465 e. The molecule has 10 nitrogen and oxygen atoms in total. The van der Waals surface area contributed by atoms with Crippen LogP contribution in [0.4, 0.5) is 14.4 Å². The lowest BCUT2D eigenvalue weighted by Crippen LogP contribution is -2.51. The molecule has 1 unspecified atom stereocenters. The average molecular weight is 318 g/mol. The smallest absolute Gasteiger partial charge is 0.407 e. The predicted octanol–water partition coefficient (Wildman–Crippen LogP) is -0.0819. The van der Waals surface area contributed by atoms with Gasteiger partial charge in [0.25, 0.3) is 0 Å². The van der Waals surface area contributed by atoms with Gasteiger partial charge in [-0.3, -0.25) is 0 Å². The van der Waals surface area contributed by atoms with E-state index in [1.165, 1.54) is 4.90 Å². The molecule has 0 aromatic carbocycles. The quantitative estimate of drug-likeness (QED) is 0.491. The molecule has 1 fully saturated rings. The van der Waals surface area contributed by atoms with Crippen molar-refractivity contribution in [3.8, 4) is 0 Å². The first-order valence-corrected chi connectivity index (χ1v) is 6.99. The topological polar surface area (TPSA) is 134 Å². The maximum Gasteiger partial charge on any atom is 0.407 e. The van der Waals surface area contributed by atoms with E-state index in [-0.39, 0.29) is 32.7 Å². The molecule has 1 heterocycles. The van der Waals surface area contributed by atoms with Gasteiger partial charge in [0, 0.05) is 51.9 Å². The third-order valence-electron chi connectivity index (χ3n) is 3.53. The van der Waals surface area contributed by atoms with E-state index in [0.717, 1.165) is 9.80 Å². The van der Waals surface area contributed by atoms with Gasteiger partial charge in [-0.05, 0) is 6.92 Å². The van der Waals surface area contributed by atoms with E-state index >= 15 is 0 Å². The number of nitrogens with one attached hydrogen (secondary N) is 1. The van der Waals surface area contributed by atoms with Gasteiger partial charge in [-0.1, -0.05) is 0 Å². The van der Waals surface area contributed by atoms with Gasteiger partial charge in [0.15, 0.2) is 0 Å². The molecule has 10 heteroatoms. The molecule has 0 aromatic rings. The SMILES string of the molecule is CC1CN(C(=O)O)CCN(C(=O)O)CCNCCN1C(=O)O. The Kier molecular flexibility index (Phi) is 6.70. The Bertz CT molecular complexity index is 418. The number of carboxylic acid groups (broad SMARTS) is 3. The number of hydrogen-bond donors (Lipinski definition) is 4. The van der Waals surface area contributed by atoms with E-state index in [0.29, 0.717) is 13.1 Å². The summed E-state index contributed by atoms with van der Waals surface area (Å²) >= 11 is 0. The van der Waals surface area contributed by atoms with Crippen molar-refractivity contribution in [1.29, 1.82) is 0 Å². The summed E-state index contributed by atoms with van der Waals surface area (Å²) in [5, 5.41) is 30.5. The van der Waals surface area contributed by atoms with Crippen LogP contribution in [0.3, 0.4) is 0 Å². The molecular formula is C12H22N4O6. The van der Waals surface area contributed by atoms with Gasteiger partial charge in [0.1, 0.15) is 0 Å². The van der Waals surface area contributed by atoms with Crippen molar-refractivity contribution in [2.45, 2.75) is 13.0 Å². The Hall–Kier alpha value is -2.23. The number of carbonyl (C=O) groups is 3. The van der Waals surface area contributed by atoms with E-state index in [2.05, 4.69) is 5.32 Å². The Balaban J connectivity index is 2.83. The molecule has 3 amide bonds. The second kappa shape index (κ2) is 8.27. The predicted molar refractivity (Wildman–Crippen MR) is 76.3 cm³/mol. The number of hydrogen-bond acceptors (Lipinski definition) is 4. The summed E-state index contributed by atoms with van der Waals surface area (Å²) in [6, 6.07) is -0.520. The number of amides is 3. The maximum atomic E-state index is 11.3. The molecule has 126 valence electrons. The summed E-state index contributed by atoms with van der Waals surface area (Å²) in [6.45, 7) is 2.84. The molecule has 0 spiro atoms. The summed E-state index contributed by atoms with van der Waals surface area (Å²) < 4.78 is 0. The Morgan fingerprint density at radius 1 is 0.864 bits per heavy atom. The molecule has 0 saturated carbocycles. The first-order chi connectivity index (χ1) is 10.3. The van der Waals surface area contributed by atoms with Gasteiger partial charge < -0.3 is 35.3 Å². The van der Waals surface area contributed by atoms with Crippen molar-refractivity contribution >= 4 is 18.3 Å². The lowest BCUT2D eigenvalue weighted by Gasteiger charge is -2.32. The monoisotopic (exact) mass is 318 g/mol. The summed E-state index contributed by atoms with van der Waals surface area (Å²) in [5.74, 6) is 0. The zero-order valence-corrected chi connectivity index (χ0v) is 12.4. The highest BCUT2D eigenvalue weighted by atomic mass is 16.4. The molecule has 4 N–H and O–H groups in total. The average Bonchev–Trinajstić information content (AvgIpc) is 2.41. The van der Waals surface area contributed by atoms with Gasteiger partial charge in [-0.2, -0.15) is 0 Å². The fourth-order valence-corrected chi connectivity index (χ4v) is 2.27. The molecule has 1 aliphatic heterocycles. The maximum absolute atomic E-state index is 11.3. The lowest BCUT2D eigenvalue weighted by atomic mass is 10.2. The molecule has 0 aliphatic carbocycles. The summed E-state index contributed by atoms with van der Waals surface area (Å²) in [7, 11) is 0. The van der Waals surface area contributed by atoms with E-state index in [4.69, 9.17) is 5.11 Å². The molecule has 0 bridgehead atoms. The third kappa shape index (κ3) is 5.28. The van der Waals surface area contributed by atoms with Crippen LogP contribution >= 0.6 is 0 Å². The summed E-state index contributed by atoms with van der Waals surface area (Å²) in [5.41, 5.74) is 0. The number of nitrogens with zero attached hydrogens (tertiary/aromatic N) is 3. The Morgan fingerprint density at radius 3 is 1.95 bits per heavy atom. The van der Waals surface area contributed by atoms with E-state index in [1.54, 1.807) is 6.92 Å². The molecule has 1 saturated heterocycles. The van der Waals surface area contributed by atoms with Crippen LogP contribution in [0.2, 0.25) is 0 Å². The normalized spacial score (nSPS) is 21.7. The molecule has 1 aliphatic rings.